The molecule has 3 heterocycles. The molecule has 2 aliphatic rings. The molecule has 2 aliphatic heterocycles. The monoisotopic (exact) mass is 327 g/mol. The maximum Gasteiger partial charge on any atom is 0.407 e. The van der Waals surface area contributed by atoms with E-state index in [9.17, 15) is 14.4 Å². The summed E-state index contributed by atoms with van der Waals surface area (Å²) in [6, 6.07) is 8.43. The molecule has 0 saturated carbocycles. The second-order valence-electron chi connectivity index (χ2n) is 6.35. The Balaban J connectivity index is 1.64. The number of para-hydroxylation sites is 1. The molecule has 0 bridgehead atoms. The number of likely N-dealkylation sites (tertiary alicyclic amines) is 1. The zero-order valence-corrected chi connectivity index (χ0v) is 13.0. The largest absolute Gasteiger partial charge is 0.439 e. The Morgan fingerprint density at radius 3 is 2.88 bits per heavy atom. The van der Waals surface area contributed by atoms with Crippen molar-refractivity contribution in [2.24, 2.45) is 0 Å². The first kappa shape index (κ1) is 14.7. The predicted molar refractivity (Wildman–Crippen MR) is 86.9 cm³/mol. The minimum Gasteiger partial charge on any atom is -0.439 e. The Labute approximate surface area is 137 Å². The molecule has 1 atom stereocenters. The molecule has 24 heavy (non-hydrogen) atoms. The first-order valence-corrected chi connectivity index (χ1v) is 7.95. The molecule has 0 aliphatic carbocycles. The van der Waals surface area contributed by atoms with Crippen LogP contribution in [-0.4, -0.2) is 47.1 Å². The van der Waals surface area contributed by atoms with Crippen LogP contribution >= 0.6 is 0 Å². The molecule has 2 fully saturated rings. The highest BCUT2D eigenvalue weighted by Crippen LogP contribution is 2.28. The highest BCUT2D eigenvalue weighted by Gasteiger charge is 2.45. The summed E-state index contributed by atoms with van der Waals surface area (Å²) in [5.41, 5.74) is 0.0535. The van der Waals surface area contributed by atoms with Crippen molar-refractivity contribution in [1.29, 1.82) is 0 Å². The Kier molecular flexibility index (Phi) is 3.30. The van der Waals surface area contributed by atoms with Crippen molar-refractivity contribution in [2.45, 2.75) is 18.4 Å². The minimum absolute atomic E-state index is 0.187. The molecule has 1 aromatic carbocycles. The van der Waals surface area contributed by atoms with Gasteiger partial charge >= 0.3 is 6.09 Å². The number of hydrogen-bond donors (Lipinski definition) is 2. The van der Waals surface area contributed by atoms with Gasteiger partial charge in [0, 0.05) is 23.5 Å². The highest BCUT2D eigenvalue weighted by atomic mass is 16.6. The standard InChI is InChI=1S/C17H17N3O4/c21-14-8-13(19-12-5-2-1-4-11(12)14)15(22)20-7-3-6-17(10-20)9-18-16(23)24-17/h1-2,4-5,8H,3,6-7,9-10H2,(H,18,23)(H,19,21)/t17-/m0/s1. The highest BCUT2D eigenvalue weighted by molar-refractivity contribution is 5.95. The second-order valence-corrected chi connectivity index (χ2v) is 6.35. The average molecular weight is 327 g/mol. The number of ether oxygens (including phenoxy) is 1. The Bertz CT molecular complexity index is 891. The number of amides is 2. The van der Waals surface area contributed by atoms with Crippen LogP contribution in [0.15, 0.2) is 35.1 Å². The molecule has 7 nitrogen and oxygen atoms in total. The maximum atomic E-state index is 12.8. The van der Waals surface area contributed by atoms with E-state index < -0.39 is 11.7 Å². The van der Waals surface area contributed by atoms with E-state index in [4.69, 9.17) is 4.74 Å². The van der Waals surface area contributed by atoms with Gasteiger partial charge in [-0.15, -0.1) is 0 Å². The predicted octanol–water partition coefficient (Wildman–Crippen LogP) is 1.24. The Morgan fingerprint density at radius 2 is 2.08 bits per heavy atom. The van der Waals surface area contributed by atoms with E-state index >= 15 is 0 Å². The molecule has 2 saturated heterocycles. The van der Waals surface area contributed by atoms with Gasteiger partial charge in [0.15, 0.2) is 5.43 Å². The van der Waals surface area contributed by atoms with Crippen molar-refractivity contribution in [1.82, 2.24) is 15.2 Å². The number of carbonyl (C=O) groups excluding carboxylic acids is 2. The summed E-state index contributed by atoms with van der Waals surface area (Å²) in [6.07, 6.45) is 1.03. The number of aromatic nitrogens is 1. The number of carbonyl (C=O) groups is 2. The van der Waals surface area contributed by atoms with Gasteiger partial charge < -0.3 is 19.9 Å². The molecule has 0 unspecified atom stereocenters. The molecular formula is C17H17N3O4. The van der Waals surface area contributed by atoms with Crippen LogP contribution in [0.2, 0.25) is 0 Å². The lowest BCUT2D eigenvalue weighted by molar-refractivity contribution is -0.00522. The zero-order chi connectivity index (χ0) is 16.7. The van der Waals surface area contributed by atoms with Gasteiger partial charge in [-0.1, -0.05) is 12.1 Å². The fourth-order valence-corrected chi connectivity index (χ4v) is 3.48. The first-order valence-electron chi connectivity index (χ1n) is 7.95. The smallest absolute Gasteiger partial charge is 0.407 e. The summed E-state index contributed by atoms with van der Waals surface area (Å²) in [7, 11) is 0. The zero-order valence-electron chi connectivity index (χ0n) is 13.0. The van der Waals surface area contributed by atoms with Gasteiger partial charge in [0.05, 0.1) is 13.1 Å². The first-order chi connectivity index (χ1) is 11.6. The van der Waals surface area contributed by atoms with Gasteiger partial charge in [-0.05, 0) is 25.0 Å². The lowest BCUT2D eigenvalue weighted by Crippen LogP contribution is -2.52. The molecule has 2 amide bonds. The van der Waals surface area contributed by atoms with Crippen molar-refractivity contribution in [2.75, 3.05) is 19.6 Å². The van der Waals surface area contributed by atoms with Crippen molar-refractivity contribution in [3.63, 3.8) is 0 Å². The van der Waals surface area contributed by atoms with Crippen LogP contribution in [0.25, 0.3) is 10.9 Å². The average Bonchev–Trinajstić information content (AvgIpc) is 2.94. The fourth-order valence-electron chi connectivity index (χ4n) is 3.48. The second kappa shape index (κ2) is 5.36. The Hall–Kier alpha value is -2.83. The number of nitrogens with one attached hydrogen (secondary N) is 2. The number of aromatic amines is 1. The van der Waals surface area contributed by atoms with Crippen molar-refractivity contribution < 1.29 is 14.3 Å². The number of pyridine rings is 1. The molecule has 2 aromatic rings. The normalized spacial score (nSPS) is 23.3. The van der Waals surface area contributed by atoms with Crippen LogP contribution in [0.1, 0.15) is 23.3 Å². The van der Waals surface area contributed by atoms with E-state index in [0.29, 0.717) is 30.5 Å². The van der Waals surface area contributed by atoms with Crippen LogP contribution in [0.4, 0.5) is 4.79 Å². The van der Waals surface area contributed by atoms with Crippen LogP contribution in [0.5, 0.6) is 0 Å². The topological polar surface area (TPSA) is 91.5 Å². The van der Waals surface area contributed by atoms with E-state index in [1.165, 1.54) is 6.07 Å². The maximum absolute atomic E-state index is 12.8. The van der Waals surface area contributed by atoms with Gasteiger partial charge in [0.2, 0.25) is 0 Å². The molecular weight excluding hydrogens is 310 g/mol. The molecule has 4 rings (SSSR count). The minimum atomic E-state index is -0.651. The number of rotatable bonds is 1. The van der Waals surface area contributed by atoms with Crippen molar-refractivity contribution >= 4 is 22.9 Å². The third-order valence-electron chi connectivity index (χ3n) is 4.66. The van der Waals surface area contributed by atoms with E-state index in [-0.39, 0.29) is 17.0 Å². The third kappa shape index (κ3) is 2.42. The summed E-state index contributed by atoms with van der Waals surface area (Å²) in [5.74, 6) is -0.250. The summed E-state index contributed by atoms with van der Waals surface area (Å²) in [5, 5.41) is 3.21. The molecule has 2 N–H and O–H groups in total. The van der Waals surface area contributed by atoms with Gasteiger partial charge in [0.25, 0.3) is 5.91 Å². The van der Waals surface area contributed by atoms with Crippen molar-refractivity contribution in [3.8, 4) is 0 Å². The fraction of sp³-hybridized carbons (Fsp3) is 0.353. The molecule has 7 heteroatoms. The quantitative estimate of drug-likeness (QED) is 0.824. The van der Waals surface area contributed by atoms with Gasteiger partial charge in [-0.3, -0.25) is 9.59 Å². The van der Waals surface area contributed by atoms with E-state index in [2.05, 4.69) is 10.3 Å². The van der Waals surface area contributed by atoms with Crippen molar-refractivity contribution in [3.05, 3.63) is 46.2 Å². The van der Waals surface area contributed by atoms with Crippen LogP contribution in [0.3, 0.4) is 0 Å². The molecule has 124 valence electrons. The Morgan fingerprint density at radius 1 is 1.25 bits per heavy atom. The van der Waals surface area contributed by atoms with Crippen LogP contribution in [-0.2, 0) is 4.74 Å². The summed E-state index contributed by atoms with van der Waals surface area (Å²) < 4.78 is 5.38. The number of hydrogen-bond acceptors (Lipinski definition) is 4. The third-order valence-corrected chi connectivity index (χ3v) is 4.66. The summed E-state index contributed by atoms with van der Waals surface area (Å²) >= 11 is 0. The summed E-state index contributed by atoms with van der Waals surface area (Å²) in [4.78, 5) is 41.1. The van der Waals surface area contributed by atoms with Gasteiger partial charge in [0.1, 0.15) is 11.3 Å². The number of alkyl carbamates (subject to hydrolysis) is 1. The van der Waals surface area contributed by atoms with Crippen LogP contribution in [0, 0.1) is 0 Å². The number of nitrogens with zero attached hydrogens (tertiary/aromatic N) is 1. The van der Waals surface area contributed by atoms with Gasteiger partial charge in [-0.2, -0.15) is 0 Å². The SMILES string of the molecule is O=C1NC[C@]2(CCCN(C(=O)c3cc(=O)c4ccccc4[nH]3)C2)O1. The number of H-pyrrole nitrogens is 1. The number of fused-ring (bicyclic) bond motifs is 1. The van der Waals surface area contributed by atoms with E-state index in [1.807, 2.05) is 6.07 Å². The summed E-state index contributed by atoms with van der Waals surface area (Å²) in [6.45, 7) is 1.32. The van der Waals surface area contributed by atoms with Crippen LogP contribution < -0.4 is 10.7 Å². The lowest BCUT2D eigenvalue weighted by atomic mass is 9.93. The molecule has 0 radical (unpaired) electrons. The van der Waals surface area contributed by atoms with Gasteiger partial charge in [-0.25, -0.2) is 4.79 Å². The molecule has 1 spiro atoms. The number of benzene rings is 1. The number of piperidine rings is 1. The van der Waals surface area contributed by atoms with E-state index in [0.717, 1.165) is 12.8 Å². The molecule has 1 aromatic heterocycles. The van der Waals surface area contributed by atoms with E-state index in [1.54, 1.807) is 23.1 Å². The lowest BCUT2D eigenvalue weighted by Gasteiger charge is -2.38.